The summed E-state index contributed by atoms with van der Waals surface area (Å²) in [5, 5.41) is 5.49. The molecule has 3 aliphatic rings. The van der Waals surface area contributed by atoms with Crippen molar-refractivity contribution in [3.05, 3.63) is 85.9 Å². The van der Waals surface area contributed by atoms with Gasteiger partial charge in [0.05, 0.1) is 0 Å². The Morgan fingerprint density at radius 3 is 2.74 bits per heavy atom. The molecule has 2 nitrogen and oxygen atoms in total. The zero-order valence-electron chi connectivity index (χ0n) is 21.5. The van der Waals surface area contributed by atoms with E-state index in [1.165, 1.54) is 11.8 Å². The SMILES string of the molecule is C=C(C)c1c(F)[c-]c(SC[CH]=[Pt])c(F)c1C1=c2cc3c(c(S)c2Cc2c1cc1c(c2S)NCCC1)=[NH+]CCC3. The number of benzene rings is 3. The number of thiol groups is 2. The van der Waals surface area contributed by atoms with Gasteiger partial charge >= 0.3 is 242 Å². The zero-order valence-corrected chi connectivity index (χ0v) is 26.3. The molecule has 8 heteroatoms. The minimum atomic E-state index is -0.576. The van der Waals surface area contributed by atoms with Gasteiger partial charge in [-0.15, -0.1) is 0 Å². The van der Waals surface area contributed by atoms with Crippen LogP contribution in [0.3, 0.4) is 0 Å². The van der Waals surface area contributed by atoms with Crippen LogP contribution in [0.1, 0.15) is 58.7 Å². The van der Waals surface area contributed by atoms with Crippen LogP contribution in [0.25, 0.3) is 11.1 Å². The summed E-state index contributed by atoms with van der Waals surface area (Å²) in [4.78, 5) is 5.45. The Morgan fingerprint density at radius 1 is 1.18 bits per heavy atom. The van der Waals surface area contributed by atoms with E-state index < -0.39 is 11.6 Å². The molecule has 3 aromatic carbocycles. The molecule has 0 radical (unpaired) electrons. The molecule has 0 fully saturated rings. The van der Waals surface area contributed by atoms with Gasteiger partial charge in [-0.3, -0.25) is 0 Å². The molecule has 0 spiro atoms. The average molecular weight is 758 g/mol. The first kappa shape index (κ1) is 27.5. The molecule has 0 aromatic heterocycles. The minimum absolute atomic E-state index is 0.178. The molecule has 0 saturated carbocycles. The number of anilines is 1. The molecule has 0 bridgehead atoms. The fourth-order valence-corrected chi connectivity index (χ4v) is 8.11. The standard InChI is InChI=1S/C31H27F2N2S3.Pt/c1-4-38-23-14-22(32)24(15(2)3)26(27(23)33)25-18-11-16-7-5-9-34-28(16)30(36)20(18)13-21-19(25)12-17-8-6-10-35-29(17)31(21)37;/h1,11-12,34,36-37H,2,4-10,13H2,3H3;/q-1;/p+1. The van der Waals surface area contributed by atoms with E-state index in [1.54, 1.807) is 6.92 Å². The maximum absolute atomic E-state index is 16.7. The van der Waals surface area contributed by atoms with Crippen molar-refractivity contribution in [1.82, 2.24) is 0 Å². The summed E-state index contributed by atoms with van der Waals surface area (Å²) in [6.07, 6.45) is 4.47. The number of rotatable bonds is 5. The number of nitrogens with one attached hydrogen (secondary N) is 2. The average Bonchev–Trinajstić information content (AvgIpc) is 2.93. The molecule has 39 heavy (non-hydrogen) atoms. The molecule has 1 aliphatic carbocycles. The first-order valence-electron chi connectivity index (χ1n) is 13.0. The summed E-state index contributed by atoms with van der Waals surface area (Å²) in [7, 11) is 0. The molecule has 3 aromatic rings. The van der Waals surface area contributed by atoms with Crippen LogP contribution in [0, 0.1) is 17.7 Å². The third-order valence-corrected chi connectivity index (χ3v) is 10.8. The normalized spacial score (nSPS) is 15.4. The molecule has 0 atom stereocenters. The van der Waals surface area contributed by atoms with Crippen molar-refractivity contribution in [2.75, 3.05) is 24.2 Å². The van der Waals surface area contributed by atoms with Crippen LogP contribution in [-0.2, 0) is 38.6 Å². The number of hydrogen-bond acceptors (Lipinski definition) is 4. The van der Waals surface area contributed by atoms with Gasteiger partial charge in [-0.05, 0) is 0 Å². The van der Waals surface area contributed by atoms with Gasteiger partial charge in [-0.1, -0.05) is 0 Å². The van der Waals surface area contributed by atoms with Crippen molar-refractivity contribution >= 4 is 58.3 Å². The summed E-state index contributed by atoms with van der Waals surface area (Å²) in [6.45, 7) is 7.57. The van der Waals surface area contributed by atoms with Crippen LogP contribution >= 0.6 is 37.0 Å². The van der Waals surface area contributed by atoms with Crippen molar-refractivity contribution < 1.29 is 33.1 Å². The van der Waals surface area contributed by atoms with Crippen molar-refractivity contribution in [3.8, 4) is 0 Å². The van der Waals surface area contributed by atoms with Crippen LogP contribution in [0.5, 0.6) is 0 Å². The molecule has 2 aliphatic heterocycles. The van der Waals surface area contributed by atoms with Crippen LogP contribution < -0.4 is 20.9 Å². The van der Waals surface area contributed by atoms with E-state index in [0.29, 0.717) is 23.3 Å². The summed E-state index contributed by atoms with van der Waals surface area (Å²) in [5.41, 5.74) is 7.89. The van der Waals surface area contributed by atoms with Crippen molar-refractivity contribution in [2.24, 2.45) is 0 Å². The molecular weight excluding hydrogens is 730 g/mol. The fourth-order valence-electron chi connectivity index (χ4n) is 6.09. The van der Waals surface area contributed by atoms with Crippen molar-refractivity contribution in [3.63, 3.8) is 0 Å². The van der Waals surface area contributed by atoms with Gasteiger partial charge in [0, 0.05) is 6.54 Å². The first-order valence-corrected chi connectivity index (χ1v) is 16.2. The number of thioether (sulfide) groups is 1. The fraction of sp³-hybridized carbons (Fsp3) is 0.290. The van der Waals surface area contributed by atoms with Gasteiger partial charge in [0.2, 0.25) is 0 Å². The molecule has 0 unspecified atom stereocenters. The number of aryl methyl sites for hydroxylation is 2. The van der Waals surface area contributed by atoms with E-state index in [2.05, 4.69) is 54.4 Å². The van der Waals surface area contributed by atoms with E-state index in [9.17, 15) is 0 Å². The Hall–Kier alpha value is -1.66. The van der Waals surface area contributed by atoms with E-state index in [1.807, 2.05) is 4.40 Å². The molecule has 2 heterocycles. The van der Waals surface area contributed by atoms with Crippen molar-refractivity contribution in [2.45, 2.75) is 53.7 Å². The quantitative estimate of drug-likeness (QED) is 0.141. The Kier molecular flexibility index (Phi) is 7.73. The Morgan fingerprint density at radius 2 is 1.97 bits per heavy atom. The van der Waals surface area contributed by atoms with E-state index >= 15 is 8.78 Å². The number of hydrogen-bond donors (Lipinski definition) is 4. The van der Waals surface area contributed by atoms with Crippen LogP contribution in [0.15, 0.2) is 33.4 Å². The molecule has 6 rings (SSSR count). The predicted octanol–water partition coefficient (Wildman–Crippen LogP) is 3.97. The summed E-state index contributed by atoms with van der Waals surface area (Å²) in [6, 6.07) is 7.03. The second kappa shape index (κ2) is 11.0. The van der Waals surface area contributed by atoms with E-state index in [0.717, 1.165) is 92.6 Å². The van der Waals surface area contributed by atoms with Gasteiger partial charge in [0.15, 0.2) is 0 Å². The zero-order chi connectivity index (χ0) is 27.4. The second-order valence-electron chi connectivity index (χ2n) is 10.2. The Balaban J connectivity index is 1.81. The number of halogens is 2. The Bertz CT molecular complexity index is 1710. The third-order valence-electron chi connectivity index (χ3n) is 7.79. The molecule has 2 N–H and O–H groups in total. The molecular formula is C31H28F2N2PtS3. The van der Waals surface area contributed by atoms with Crippen LogP contribution in [0.4, 0.5) is 14.5 Å². The Labute approximate surface area is 253 Å². The monoisotopic (exact) mass is 757 g/mol. The van der Waals surface area contributed by atoms with Gasteiger partial charge in [0.1, 0.15) is 6.54 Å². The summed E-state index contributed by atoms with van der Waals surface area (Å²) < 4.78 is 34.4. The van der Waals surface area contributed by atoms with Gasteiger partial charge in [-0.25, -0.2) is 0 Å². The third kappa shape index (κ3) is 4.62. The molecule has 204 valence electrons. The summed E-state index contributed by atoms with van der Waals surface area (Å²) >= 11 is 13.4. The maximum atomic E-state index is 16.7. The van der Waals surface area contributed by atoms with Crippen LogP contribution in [0.2, 0.25) is 0 Å². The number of allylic oxidation sites excluding steroid dienone is 1. The van der Waals surface area contributed by atoms with Gasteiger partial charge < -0.3 is 0 Å². The van der Waals surface area contributed by atoms with Gasteiger partial charge in [0.25, 0.3) is 0 Å². The van der Waals surface area contributed by atoms with Crippen molar-refractivity contribution in [1.29, 1.82) is 0 Å². The molecule has 0 saturated heterocycles. The topological polar surface area (TPSA) is 26.0 Å². The van der Waals surface area contributed by atoms with Gasteiger partial charge in [-0.2, -0.15) is 0 Å². The van der Waals surface area contributed by atoms with E-state index in [4.69, 9.17) is 25.3 Å². The first-order chi connectivity index (χ1) is 18.8. The molecule has 0 amide bonds. The summed E-state index contributed by atoms with van der Waals surface area (Å²) in [5.74, 6) is -0.490. The second-order valence-corrected chi connectivity index (χ2v) is 13.1. The number of fused-ring (bicyclic) bond motifs is 4. The van der Waals surface area contributed by atoms with Crippen LogP contribution in [-0.4, -0.2) is 23.2 Å². The predicted molar refractivity (Wildman–Crippen MR) is 158 cm³/mol. The van der Waals surface area contributed by atoms with E-state index in [-0.39, 0.29) is 16.0 Å².